The van der Waals surface area contributed by atoms with Gasteiger partial charge in [-0.05, 0) is 42.5 Å². The minimum Gasteiger partial charge on any atom is -0.484 e. The fraction of sp³-hybridized carbons (Fsp3) is 0.0588. The van der Waals surface area contributed by atoms with E-state index in [0.29, 0.717) is 21.6 Å². The van der Waals surface area contributed by atoms with Gasteiger partial charge in [-0.15, -0.1) is 11.3 Å². The Morgan fingerprint density at radius 1 is 1.28 bits per heavy atom. The van der Waals surface area contributed by atoms with E-state index >= 15 is 0 Å². The number of aromatic nitrogens is 1. The first-order valence-corrected chi connectivity index (χ1v) is 8.46. The number of hydrogen-bond donors (Lipinski definition) is 2. The molecule has 0 saturated carbocycles. The first kappa shape index (κ1) is 17.2. The molecule has 0 spiro atoms. The maximum Gasteiger partial charge on any atom is 0.255 e. The van der Waals surface area contributed by atoms with Crippen LogP contribution in [0.25, 0.3) is 11.3 Å². The minimum absolute atomic E-state index is 0.170. The van der Waals surface area contributed by atoms with E-state index in [1.165, 1.54) is 17.4 Å². The number of carbonyl (C=O) groups is 1. The number of amides is 1. The number of nitrogens with one attached hydrogen (secondary N) is 1. The molecule has 0 aliphatic rings. The van der Waals surface area contributed by atoms with Gasteiger partial charge in [0.2, 0.25) is 0 Å². The fourth-order valence-electron chi connectivity index (χ4n) is 2.05. The van der Waals surface area contributed by atoms with Gasteiger partial charge in [0.25, 0.3) is 5.91 Å². The molecule has 0 atom stereocenters. The van der Waals surface area contributed by atoms with Gasteiger partial charge in [-0.3, -0.25) is 4.79 Å². The van der Waals surface area contributed by atoms with Crippen LogP contribution in [0.3, 0.4) is 0 Å². The van der Waals surface area contributed by atoms with Gasteiger partial charge in [0, 0.05) is 16.0 Å². The number of hydrogen-bond acceptors (Lipinski definition) is 5. The molecule has 3 aromatic rings. The van der Waals surface area contributed by atoms with Gasteiger partial charge in [-0.2, -0.15) is 0 Å². The van der Waals surface area contributed by atoms with Crippen molar-refractivity contribution in [1.29, 1.82) is 0 Å². The largest absolute Gasteiger partial charge is 0.484 e. The summed E-state index contributed by atoms with van der Waals surface area (Å²) >= 11 is 7.10. The number of rotatable bonds is 6. The summed E-state index contributed by atoms with van der Waals surface area (Å²) in [5.74, 6) is -0.437. The standard InChI is InChI=1S/C17H13ClFN3O2S/c18-11-3-6-14(13(19)7-11)21-17-22-15(9-25-17)10-1-4-12(5-2-10)24-8-16(20)23/h1-7,9H,8H2,(H2,20,23)(H,21,22). The van der Waals surface area contributed by atoms with Crippen LogP contribution < -0.4 is 15.8 Å². The lowest BCUT2D eigenvalue weighted by Gasteiger charge is -2.05. The van der Waals surface area contributed by atoms with E-state index in [4.69, 9.17) is 22.1 Å². The highest BCUT2D eigenvalue weighted by atomic mass is 35.5. The summed E-state index contributed by atoms with van der Waals surface area (Å²) in [5, 5.41) is 5.68. The molecular weight excluding hydrogens is 365 g/mol. The van der Waals surface area contributed by atoms with E-state index in [9.17, 15) is 9.18 Å². The summed E-state index contributed by atoms with van der Waals surface area (Å²) in [6, 6.07) is 11.5. The molecule has 1 heterocycles. The minimum atomic E-state index is -0.534. The molecule has 0 radical (unpaired) electrons. The van der Waals surface area contributed by atoms with Gasteiger partial charge in [-0.25, -0.2) is 9.37 Å². The Balaban J connectivity index is 1.71. The highest BCUT2D eigenvalue weighted by molar-refractivity contribution is 7.14. The van der Waals surface area contributed by atoms with Gasteiger partial charge < -0.3 is 15.8 Å². The smallest absolute Gasteiger partial charge is 0.255 e. The zero-order valence-electron chi connectivity index (χ0n) is 12.8. The normalized spacial score (nSPS) is 10.5. The molecule has 0 unspecified atom stereocenters. The Kier molecular flexibility index (Phi) is 5.16. The van der Waals surface area contributed by atoms with Crippen molar-refractivity contribution in [2.24, 2.45) is 5.73 Å². The molecule has 8 heteroatoms. The first-order valence-electron chi connectivity index (χ1n) is 7.20. The summed E-state index contributed by atoms with van der Waals surface area (Å²) in [5.41, 5.74) is 6.95. The van der Waals surface area contributed by atoms with E-state index in [-0.39, 0.29) is 6.61 Å². The van der Waals surface area contributed by atoms with Crippen LogP contribution >= 0.6 is 22.9 Å². The number of anilines is 2. The summed E-state index contributed by atoms with van der Waals surface area (Å²) in [6.07, 6.45) is 0. The Morgan fingerprint density at radius 2 is 2.04 bits per heavy atom. The van der Waals surface area contributed by atoms with Crippen LogP contribution in [-0.4, -0.2) is 17.5 Å². The molecule has 2 aromatic carbocycles. The Morgan fingerprint density at radius 3 is 2.72 bits per heavy atom. The number of halogens is 2. The average molecular weight is 378 g/mol. The lowest BCUT2D eigenvalue weighted by Crippen LogP contribution is -2.19. The number of nitrogens with two attached hydrogens (primary N) is 1. The second kappa shape index (κ2) is 7.50. The summed E-state index contributed by atoms with van der Waals surface area (Å²) in [4.78, 5) is 15.1. The molecule has 25 heavy (non-hydrogen) atoms. The molecule has 1 aromatic heterocycles. The second-order valence-electron chi connectivity index (χ2n) is 5.07. The molecule has 0 aliphatic heterocycles. The SMILES string of the molecule is NC(=O)COc1ccc(-c2csc(Nc3ccc(Cl)cc3F)n2)cc1. The lowest BCUT2D eigenvalue weighted by molar-refractivity contribution is -0.119. The molecule has 0 aliphatic carbocycles. The summed E-state index contributed by atoms with van der Waals surface area (Å²) in [6.45, 7) is -0.170. The highest BCUT2D eigenvalue weighted by Crippen LogP contribution is 2.29. The quantitative estimate of drug-likeness (QED) is 0.674. The number of thiazole rings is 1. The van der Waals surface area contributed by atoms with Crippen molar-refractivity contribution >= 4 is 39.7 Å². The predicted octanol–water partition coefficient (Wildman–Crippen LogP) is 4.21. The highest BCUT2D eigenvalue weighted by Gasteiger charge is 2.08. The zero-order valence-corrected chi connectivity index (χ0v) is 14.4. The van der Waals surface area contributed by atoms with Crippen molar-refractivity contribution in [3.05, 3.63) is 58.7 Å². The predicted molar refractivity (Wildman–Crippen MR) is 96.9 cm³/mol. The zero-order chi connectivity index (χ0) is 17.8. The van der Waals surface area contributed by atoms with Crippen LogP contribution in [0.5, 0.6) is 5.75 Å². The maximum absolute atomic E-state index is 13.8. The van der Waals surface area contributed by atoms with E-state index < -0.39 is 11.7 Å². The third-order valence-electron chi connectivity index (χ3n) is 3.21. The van der Waals surface area contributed by atoms with Crippen molar-refractivity contribution < 1.29 is 13.9 Å². The summed E-state index contributed by atoms with van der Waals surface area (Å²) in [7, 11) is 0. The molecule has 128 valence electrons. The number of benzene rings is 2. The second-order valence-corrected chi connectivity index (χ2v) is 6.36. The number of primary amides is 1. The van der Waals surface area contributed by atoms with Crippen LogP contribution in [0.4, 0.5) is 15.2 Å². The van der Waals surface area contributed by atoms with E-state index in [1.807, 2.05) is 17.5 Å². The number of nitrogens with zero attached hydrogens (tertiary/aromatic N) is 1. The monoisotopic (exact) mass is 377 g/mol. The fourth-order valence-corrected chi connectivity index (χ4v) is 2.94. The molecule has 0 saturated heterocycles. The third kappa shape index (κ3) is 4.46. The molecule has 3 N–H and O–H groups in total. The van der Waals surface area contributed by atoms with Crippen LogP contribution in [0.1, 0.15) is 0 Å². The van der Waals surface area contributed by atoms with Gasteiger partial charge in [-0.1, -0.05) is 11.6 Å². The van der Waals surface area contributed by atoms with Crippen LogP contribution in [0.15, 0.2) is 47.8 Å². The number of ether oxygens (including phenoxy) is 1. The van der Waals surface area contributed by atoms with Crippen LogP contribution in [0, 0.1) is 5.82 Å². The molecule has 5 nitrogen and oxygen atoms in total. The summed E-state index contributed by atoms with van der Waals surface area (Å²) < 4.78 is 19.0. The van der Waals surface area contributed by atoms with Crippen molar-refractivity contribution in [2.75, 3.05) is 11.9 Å². The first-order chi connectivity index (χ1) is 12.0. The average Bonchev–Trinajstić information content (AvgIpc) is 3.04. The van der Waals surface area contributed by atoms with Crippen molar-refractivity contribution in [3.8, 4) is 17.0 Å². The maximum atomic E-state index is 13.8. The Labute approximate surface area is 152 Å². The van der Waals surface area contributed by atoms with Crippen molar-refractivity contribution in [1.82, 2.24) is 4.98 Å². The van der Waals surface area contributed by atoms with Crippen molar-refractivity contribution in [3.63, 3.8) is 0 Å². The number of carbonyl (C=O) groups excluding carboxylic acids is 1. The van der Waals surface area contributed by atoms with Crippen molar-refractivity contribution in [2.45, 2.75) is 0 Å². The Bertz CT molecular complexity index is 899. The molecule has 0 fully saturated rings. The molecular formula is C17H13ClFN3O2S. The van der Waals surface area contributed by atoms with Crippen LogP contribution in [0.2, 0.25) is 5.02 Å². The molecule has 3 rings (SSSR count). The van der Waals surface area contributed by atoms with E-state index in [2.05, 4.69) is 10.3 Å². The van der Waals surface area contributed by atoms with Crippen LogP contribution in [-0.2, 0) is 4.79 Å². The lowest BCUT2D eigenvalue weighted by atomic mass is 10.2. The Hall–Kier alpha value is -2.64. The van der Waals surface area contributed by atoms with E-state index in [1.54, 1.807) is 24.3 Å². The van der Waals surface area contributed by atoms with Gasteiger partial charge in [0.15, 0.2) is 11.7 Å². The van der Waals surface area contributed by atoms with Gasteiger partial charge >= 0.3 is 0 Å². The molecule has 0 bridgehead atoms. The van der Waals surface area contributed by atoms with Gasteiger partial charge in [0.05, 0.1) is 11.4 Å². The molecule has 1 amide bonds. The topological polar surface area (TPSA) is 77.2 Å². The van der Waals surface area contributed by atoms with Gasteiger partial charge in [0.1, 0.15) is 11.6 Å². The van der Waals surface area contributed by atoms with E-state index in [0.717, 1.165) is 11.3 Å². The third-order valence-corrected chi connectivity index (χ3v) is 4.20.